The monoisotopic (exact) mass is 381 g/mol. The van der Waals surface area contributed by atoms with Crippen LogP contribution < -0.4 is 11.1 Å². The molecule has 0 fully saturated rings. The molecular weight excluding hydrogens is 363 g/mol. The van der Waals surface area contributed by atoms with Gasteiger partial charge in [0.2, 0.25) is 0 Å². The van der Waals surface area contributed by atoms with E-state index >= 15 is 0 Å². The van der Waals surface area contributed by atoms with Gasteiger partial charge >= 0.3 is 6.18 Å². The molecule has 2 aromatic heterocycles. The van der Waals surface area contributed by atoms with Gasteiger partial charge in [-0.2, -0.15) is 18.3 Å². The van der Waals surface area contributed by atoms with E-state index in [1.54, 1.807) is 17.8 Å². The number of halogens is 3. The zero-order valence-corrected chi connectivity index (χ0v) is 14.8. The summed E-state index contributed by atoms with van der Waals surface area (Å²) in [6.45, 7) is 0.212. The molecule has 0 radical (unpaired) electrons. The summed E-state index contributed by atoms with van der Waals surface area (Å²) in [5.41, 5.74) is 6.29. The number of benzene rings is 1. The van der Waals surface area contributed by atoms with Crippen LogP contribution in [0.1, 0.15) is 11.1 Å². The highest BCUT2D eigenvalue weighted by molar-refractivity contribution is 7.14. The molecule has 0 unspecified atom stereocenters. The second kappa shape index (κ2) is 7.46. The van der Waals surface area contributed by atoms with Gasteiger partial charge in [-0.25, -0.2) is 9.67 Å². The van der Waals surface area contributed by atoms with Gasteiger partial charge < -0.3 is 11.1 Å². The van der Waals surface area contributed by atoms with Gasteiger partial charge in [0.05, 0.1) is 10.6 Å². The molecule has 0 amide bonds. The zero-order valence-electron chi connectivity index (χ0n) is 14.0. The standard InChI is InChI=1S/C17H18F3N5S/c1-25-16(22-10-23-25)12-7-15(26-9-12)24-13(8-21)6-11-4-2-3-5-14(11)17(18,19)20/h2-5,7,9-10,13,24H,6,8,21H2,1H3/t13-/m0/s1. The van der Waals surface area contributed by atoms with Crippen molar-refractivity contribution in [1.29, 1.82) is 0 Å². The number of rotatable bonds is 6. The fraction of sp³-hybridized carbons (Fsp3) is 0.294. The summed E-state index contributed by atoms with van der Waals surface area (Å²) in [7, 11) is 1.80. The zero-order chi connectivity index (χ0) is 18.7. The number of hydrogen-bond donors (Lipinski definition) is 2. The average Bonchev–Trinajstić information content (AvgIpc) is 3.22. The van der Waals surface area contributed by atoms with E-state index in [4.69, 9.17) is 5.73 Å². The fourth-order valence-electron chi connectivity index (χ4n) is 2.72. The minimum absolute atomic E-state index is 0.184. The molecule has 0 aliphatic rings. The maximum absolute atomic E-state index is 13.2. The van der Waals surface area contributed by atoms with E-state index in [2.05, 4.69) is 15.4 Å². The molecule has 0 saturated carbocycles. The molecule has 3 aromatic rings. The van der Waals surface area contributed by atoms with Crippen LogP contribution >= 0.6 is 11.3 Å². The Labute approximate surface area is 152 Å². The van der Waals surface area contributed by atoms with Gasteiger partial charge in [0, 0.05) is 30.6 Å². The Hall–Kier alpha value is -2.39. The van der Waals surface area contributed by atoms with E-state index in [1.165, 1.54) is 29.8 Å². The van der Waals surface area contributed by atoms with Gasteiger partial charge in [0.25, 0.3) is 0 Å². The first-order chi connectivity index (χ1) is 12.4. The van der Waals surface area contributed by atoms with E-state index in [0.717, 1.165) is 22.5 Å². The highest BCUT2D eigenvalue weighted by Gasteiger charge is 2.33. The van der Waals surface area contributed by atoms with Crippen LogP contribution in [0, 0.1) is 0 Å². The van der Waals surface area contributed by atoms with Gasteiger partial charge in [0.15, 0.2) is 5.82 Å². The van der Waals surface area contributed by atoms with Crippen molar-refractivity contribution in [3.63, 3.8) is 0 Å². The van der Waals surface area contributed by atoms with Crippen LogP contribution in [0.5, 0.6) is 0 Å². The van der Waals surface area contributed by atoms with Crippen LogP contribution in [0.4, 0.5) is 18.2 Å². The third-order valence-corrected chi connectivity index (χ3v) is 4.85. The molecule has 0 aliphatic heterocycles. The third kappa shape index (κ3) is 4.05. The van der Waals surface area contributed by atoms with Crippen LogP contribution in [0.3, 0.4) is 0 Å². The van der Waals surface area contributed by atoms with Crippen molar-refractivity contribution in [2.75, 3.05) is 11.9 Å². The van der Waals surface area contributed by atoms with Crippen LogP contribution in [-0.2, 0) is 19.6 Å². The molecule has 26 heavy (non-hydrogen) atoms. The van der Waals surface area contributed by atoms with Crippen molar-refractivity contribution >= 4 is 16.3 Å². The molecule has 0 aliphatic carbocycles. The lowest BCUT2D eigenvalue weighted by atomic mass is 10.00. The Morgan fingerprint density at radius 1 is 1.31 bits per heavy atom. The lowest BCUT2D eigenvalue weighted by molar-refractivity contribution is -0.138. The van der Waals surface area contributed by atoms with E-state index in [9.17, 15) is 13.2 Å². The highest BCUT2D eigenvalue weighted by atomic mass is 32.1. The number of thiophene rings is 1. The van der Waals surface area contributed by atoms with Gasteiger partial charge in [-0.1, -0.05) is 18.2 Å². The molecule has 2 heterocycles. The molecule has 0 saturated heterocycles. The van der Waals surface area contributed by atoms with Crippen molar-refractivity contribution < 1.29 is 13.2 Å². The van der Waals surface area contributed by atoms with Crippen LogP contribution in [0.2, 0.25) is 0 Å². The Morgan fingerprint density at radius 2 is 2.08 bits per heavy atom. The second-order valence-electron chi connectivity index (χ2n) is 5.84. The number of aryl methyl sites for hydroxylation is 1. The topological polar surface area (TPSA) is 68.8 Å². The lowest BCUT2D eigenvalue weighted by Gasteiger charge is -2.19. The molecule has 0 bridgehead atoms. The van der Waals surface area contributed by atoms with Crippen LogP contribution in [0.25, 0.3) is 11.4 Å². The van der Waals surface area contributed by atoms with Crippen LogP contribution in [0.15, 0.2) is 42.0 Å². The van der Waals surface area contributed by atoms with Gasteiger partial charge in [0.1, 0.15) is 6.33 Å². The molecule has 9 heteroatoms. The highest BCUT2D eigenvalue weighted by Crippen LogP contribution is 2.33. The second-order valence-corrected chi connectivity index (χ2v) is 6.75. The number of nitrogens with zero attached hydrogens (tertiary/aromatic N) is 3. The van der Waals surface area contributed by atoms with E-state index in [1.807, 2.05) is 11.4 Å². The number of nitrogens with one attached hydrogen (secondary N) is 1. The molecule has 3 N–H and O–H groups in total. The quantitative estimate of drug-likeness (QED) is 0.685. The fourth-order valence-corrected chi connectivity index (χ4v) is 3.58. The molecule has 1 atom stereocenters. The molecular formula is C17H18F3N5S. The van der Waals surface area contributed by atoms with Crippen molar-refractivity contribution in [3.8, 4) is 11.4 Å². The smallest absolute Gasteiger partial charge is 0.373 e. The Bertz CT molecular complexity index is 871. The van der Waals surface area contributed by atoms with Crippen LogP contribution in [-0.4, -0.2) is 27.4 Å². The van der Waals surface area contributed by atoms with Gasteiger partial charge in [-0.3, -0.25) is 0 Å². The SMILES string of the molecule is Cn1ncnc1-c1csc(N[C@H](CN)Cc2ccccc2C(F)(F)F)c1. The summed E-state index contributed by atoms with van der Waals surface area (Å²) in [5.74, 6) is 0.723. The summed E-state index contributed by atoms with van der Waals surface area (Å²) in [6.07, 6.45) is -2.72. The maximum atomic E-state index is 13.2. The Morgan fingerprint density at radius 3 is 2.73 bits per heavy atom. The number of aromatic nitrogens is 3. The number of anilines is 1. The maximum Gasteiger partial charge on any atom is 0.416 e. The predicted octanol–water partition coefficient (Wildman–Crippen LogP) is 3.54. The summed E-state index contributed by atoms with van der Waals surface area (Å²) >= 11 is 1.45. The van der Waals surface area contributed by atoms with Crippen molar-refractivity contribution in [2.45, 2.75) is 18.6 Å². The minimum Gasteiger partial charge on any atom is -0.373 e. The van der Waals surface area contributed by atoms with E-state index in [0.29, 0.717) is 0 Å². The Kier molecular flexibility index (Phi) is 5.28. The normalized spacial score (nSPS) is 13.0. The average molecular weight is 381 g/mol. The molecule has 0 spiro atoms. The van der Waals surface area contributed by atoms with Gasteiger partial charge in [-0.15, -0.1) is 11.3 Å². The summed E-state index contributed by atoms with van der Waals surface area (Å²) in [5, 5.41) is 10.00. The van der Waals surface area contributed by atoms with Crippen molar-refractivity contribution in [2.24, 2.45) is 12.8 Å². The molecule has 1 aromatic carbocycles. The summed E-state index contributed by atoms with van der Waals surface area (Å²) in [6, 6.07) is 7.17. The molecule has 5 nitrogen and oxygen atoms in total. The summed E-state index contributed by atoms with van der Waals surface area (Å²) in [4.78, 5) is 4.19. The van der Waals surface area contributed by atoms with Gasteiger partial charge in [-0.05, 0) is 24.1 Å². The Balaban J connectivity index is 1.76. The third-order valence-electron chi connectivity index (χ3n) is 3.99. The first kappa shape index (κ1) is 18.4. The number of nitrogens with two attached hydrogens (primary N) is 1. The first-order valence-corrected chi connectivity index (χ1v) is 8.81. The van der Waals surface area contributed by atoms with E-state index < -0.39 is 11.7 Å². The van der Waals surface area contributed by atoms with E-state index in [-0.39, 0.29) is 24.6 Å². The number of alkyl halides is 3. The molecule has 138 valence electrons. The number of hydrogen-bond acceptors (Lipinski definition) is 5. The lowest BCUT2D eigenvalue weighted by Crippen LogP contribution is -2.31. The summed E-state index contributed by atoms with van der Waals surface area (Å²) < 4.78 is 41.1. The predicted molar refractivity (Wildman–Crippen MR) is 95.9 cm³/mol. The largest absolute Gasteiger partial charge is 0.416 e. The minimum atomic E-state index is -4.38. The molecule has 3 rings (SSSR count). The van der Waals surface area contributed by atoms with Crippen molar-refractivity contribution in [3.05, 3.63) is 53.2 Å². The van der Waals surface area contributed by atoms with Crippen molar-refractivity contribution in [1.82, 2.24) is 14.8 Å². The first-order valence-electron chi connectivity index (χ1n) is 7.93.